The minimum atomic E-state index is 0.273. The first-order chi connectivity index (χ1) is 10.2. The SMILES string of the molecule is N#Cc1cc(N)nc(Nc2nccc3ccc(Cl)cc23)c1. The van der Waals surface area contributed by atoms with Gasteiger partial charge in [0.25, 0.3) is 0 Å². The van der Waals surface area contributed by atoms with E-state index in [4.69, 9.17) is 22.6 Å². The summed E-state index contributed by atoms with van der Waals surface area (Å²) in [4.78, 5) is 8.44. The molecule has 0 saturated heterocycles. The summed E-state index contributed by atoms with van der Waals surface area (Å²) in [5.74, 6) is 1.35. The van der Waals surface area contributed by atoms with Crippen molar-refractivity contribution in [1.82, 2.24) is 9.97 Å². The van der Waals surface area contributed by atoms with Crippen molar-refractivity contribution < 1.29 is 0 Å². The van der Waals surface area contributed by atoms with Crippen LogP contribution in [0.2, 0.25) is 5.02 Å². The van der Waals surface area contributed by atoms with Crippen LogP contribution in [0.15, 0.2) is 42.6 Å². The van der Waals surface area contributed by atoms with Crippen LogP contribution in [-0.4, -0.2) is 9.97 Å². The molecular weight excluding hydrogens is 286 g/mol. The van der Waals surface area contributed by atoms with Crippen molar-refractivity contribution >= 4 is 39.8 Å². The van der Waals surface area contributed by atoms with Crippen molar-refractivity contribution in [3.05, 3.63) is 53.2 Å². The van der Waals surface area contributed by atoms with Crippen LogP contribution >= 0.6 is 11.6 Å². The fourth-order valence-electron chi connectivity index (χ4n) is 2.04. The number of benzene rings is 1. The molecule has 1 aromatic carbocycles. The highest BCUT2D eigenvalue weighted by Gasteiger charge is 2.06. The summed E-state index contributed by atoms with van der Waals surface area (Å²) in [6.07, 6.45) is 1.69. The smallest absolute Gasteiger partial charge is 0.139 e. The highest BCUT2D eigenvalue weighted by atomic mass is 35.5. The summed E-state index contributed by atoms with van der Waals surface area (Å²) in [5.41, 5.74) is 6.12. The standard InChI is InChI=1S/C15H10ClN5/c16-11-2-1-10-3-4-19-15(12(10)7-11)21-14-6-9(8-17)5-13(18)20-14/h1-7H,(H3,18,19,20,21). The first-order valence-corrected chi connectivity index (χ1v) is 6.52. The maximum absolute atomic E-state index is 8.97. The average Bonchev–Trinajstić information content (AvgIpc) is 2.47. The Kier molecular flexibility index (Phi) is 3.30. The molecule has 3 rings (SSSR count). The van der Waals surface area contributed by atoms with Crippen LogP contribution in [-0.2, 0) is 0 Å². The topological polar surface area (TPSA) is 87.6 Å². The van der Waals surface area contributed by atoms with E-state index in [1.54, 1.807) is 12.3 Å². The van der Waals surface area contributed by atoms with E-state index in [1.807, 2.05) is 30.3 Å². The normalized spacial score (nSPS) is 10.3. The number of hydrogen-bond acceptors (Lipinski definition) is 5. The van der Waals surface area contributed by atoms with Gasteiger partial charge in [-0.2, -0.15) is 5.26 Å². The summed E-state index contributed by atoms with van der Waals surface area (Å²) < 4.78 is 0. The monoisotopic (exact) mass is 295 g/mol. The molecule has 3 N–H and O–H groups in total. The molecule has 0 radical (unpaired) electrons. The quantitative estimate of drug-likeness (QED) is 0.755. The number of hydrogen-bond donors (Lipinski definition) is 2. The van der Waals surface area contributed by atoms with Gasteiger partial charge in [0.1, 0.15) is 17.5 Å². The van der Waals surface area contributed by atoms with Crippen molar-refractivity contribution in [2.75, 3.05) is 11.1 Å². The lowest BCUT2D eigenvalue weighted by molar-refractivity contribution is 1.26. The van der Waals surface area contributed by atoms with Gasteiger partial charge in [0.15, 0.2) is 0 Å². The van der Waals surface area contributed by atoms with E-state index in [0.717, 1.165) is 10.8 Å². The number of halogens is 1. The molecule has 102 valence electrons. The molecule has 0 aliphatic heterocycles. The molecule has 0 saturated carbocycles. The largest absolute Gasteiger partial charge is 0.384 e. The van der Waals surface area contributed by atoms with Crippen molar-refractivity contribution in [1.29, 1.82) is 5.26 Å². The van der Waals surface area contributed by atoms with Crippen LogP contribution in [0.3, 0.4) is 0 Å². The van der Waals surface area contributed by atoms with Crippen molar-refractivity contribution in [2.24, 2.45) is 0 Å². The highest BCUT2D eigenvalue weighted by Crippen LogP contribution is 2.26. The van der Waals surface area contributed by atoms with Gasteiger partial charge in [-0.3, -0.25) is 0 Å². The van der Waals surface area contributed by atoms with Crippen molar-refractivity contribution in [2.45, 2.75) is 0 Å². The van der Waals surface area contributed by atoms with Crippen LogP contribution in [0.1, 0.15) is 5.56 Å². The number of aromatic nitrogens is 2. The summed E-state index contributed by atoms with van der Waals surface area (Å²) in [5, 5.41) is 14.5. The van der Waals surface area contributed by atoms with Crippen molar-refractivity contribution in [3.8, 4) is 6.07 Å². The van der Waals surface area contributed by atoms with Crippen LogP contribution in [0.5, 0.6) is 0 Å². The molecule has 21 heavy (non-hydrogen) atoms. The van der Waals surface area contributed by atoms with E-state index in [1.165, 1.54) is 6.07 Å². The Bertz CT molecular complexity index is 870. The Labute approximate surface area is 126 Å². The lowest BCUT2D eigenvalue weighted by Crippen LogP contribution is -2.00. The van der Waals surface area contributed by atoms with E-state index >= 15 is 0 Å². The van der Waals surface area contributed by atoms with Gasteiger partial charge in [-0.25, -0.2) is 9.97 Å². The van der Waals surface area contributed by atoms with Gasteiger partial charge in [0.2, 0.25) is 0 Å². The number of nitriles is 1. The van der Waals surface area contributed by atoms with E-state index in [2.05, 4.69) is 15.3 Å². The van der Waals surface area contributed by atoms with Gasteiger partial charge >= 0.3 is 0 Å². The van der Waals surface area contributed by atoms with Gasteiger partial charge in [0.05, 0.1) is 11.6 Å². The molecule has 0 aliphatic carbocycles. The van der Waals surface area contributed by atoms with Crippen LogP contribution in [0, 0.1) is 11.3 Å². The molecule has 0 aliphatic rings. The predicted octanol–water partition coefficient (Wildman–Crippen LogP) is 3.48. The first-order valence-electron chi connectivity index (χ1n) is 6.15. The number of nitrogens with one attached hydrogen (secondary N) is 1. The Morgan fingerprint density at radius 1 is 1.19 bits per heavy atom. The summed E-state index contributed by atoms with van der Waals surface area (Å²) in [7, 11) is 0. The third-order valence-corrected chi connectivity index (χ3v) is 3.18. The van der Waals surface area contributed by atoms with E-state index in [9.17, 15) is 0 Å². The average molecular weight is 296 g/mol. The Balaban J connectivity index is 2.08. The molecule has 0 atom stereocenters. The second-order valence-electron chi connectivity index (χ2n) is 4.43. The van der Waals surface area contributed by atoms with Gasteiger partial charge in [0, 0.05) is 16.6 Å². The fraction of sp³-hybridized carbons (Fsp3) is 0. The molecule has 0 amide bonds. The maximum Gasteiger partial charge on any atom is 0.139 e. The number of rotatable bonds is 2. The zero-order chi connectivity index (χ0) is 14.8. The van der Waals surface area contributed by atoms with Gasteiger partial charge in [-0.15, -0.1) is 0 Å². The van der Waals surface area contributed by atoms with Crippen molar-refractivity contribution in [3.63, 3.8) is 0 Å². The zero-order valence-corrected chi connectivity index (χ0v) is 11.6. The lowest BCUT2D eigenvalue weighted by atomic mass is 10.1. The van der Waals surface area contributed by atoms with Gasteiger partial charge < -0.3 is 11.1 Å². The Hall–Kier alpha value is -2.84. The Morgan fingerprint density at radius 2 is 2.05 bits per heavy atom. The minimum absolute atomic E-state index is 0.273. The molecule has 2 aromatic heterocycles. The first kappa shape index (κ1) is 13.2. The zero-order valence-electron chi connectivity index (χ0n) is 10.8. The summed E-state index contributed by atoms with van der Waals surface area (Å²) in [6.45, 7) is 0. The molecule has 5 nitrogen and oxygen atoms in total. The number of fused-ring (bicyclic) bond motifs is 1. The molecule has 0 fully saturated rings. The second-order valence-corrected chi connectivity index (χ2v) is 4.86. The van der Waals surface area contributed by atoms with Gasteiger partial charge in [-0.1, -0.05) is 17.7 Å². The van der Waals surface area contributed by atoms with Gasteiger partial charge in [-0.05, 0) is 35.7 Å². The third kappa shape index (κ3) is 2.71. The second kappa shape index (κ2) is 5.27. The van der Waals surface area contributed by atoms with Crippen LogP contribution in [0.4, 0.5) is 17.5 Å². The molecule has 0 unspecified atom stereocenters. The van der Waals surface area contributed by atoms with E-state index in [-0.39, 0.29) is 5.82 Å². The summed E-state index contributed by atoms with van der Waals surface area (Å²) >= 11 is 6.03. The molecule has 3 aromatic rings. The molecule has 0 bridgehead atoms. The summed E-state index contributed by atoms with van der Waals surface area (Å²) in [6, 6.07) is 12.6. The predicted molar refractivity (Wildman–Crippen MR) is 83.4 cm³/mol. The molecule has 0 spiro atoms. The molecular formula is C15H10ClN5. The third-order valence-electron chi connectivity index (χ3n) is 2.95. The number of nitrogen functional groups attached to an aromatic ring is 1. The number of anilines is 3. The van der Waals surface area contributed by atoms with E-state index < -0.39 is 0 Å². The Morgan fingerprint density at radius 3 is 2.86 bits per heavy atom. The highest BCUT2D eigenvalue weighted by molar-refractivity contribution is 6.31. The molecule has 6 heteroatoms. The number of nitrogens with two attached hydrogens (primary N) is 1. The lowest BCUT2D eigenvalue weighted by Gasteiger charge is -2.09. The maximum atomic E-state index is 8.97. The number of nitrogens with zero attached hydrogens (tertiary/aromatic N) is 3. The van der Waals surface area contributed by atoms with E-state index in [0.29, 0.717) is 22.2 Å². The number of pyridine rings is 2. The fourth-order valence-corrected chi connectivity index (χ4v) is 2.21. The minimum Gasteiger partial charge on any atom is -0.384 e. The molecule has 2 heterocycles. The van der Waals surface area contributed by atoms with Crippen LogP contribution < -0.4 is 11.1 Å². The van der Waals surface area contributed by atoms with Crippen LogP contribution in [0.25, 0.3) is 10.8 Å².